The molecule has 0 aromatic rings. The summed E-state index contributed by atoms with van der Waals surface area (Å²) >= 11 is 0. The van der Waals surface area contributed by atoms with Gasteiger partial charge in [-0.3, -0.25) is 0 Å². The van der Waals surface area contributed by atoms with Gasteiger partial charge in [-0.1, -0.05) is 82.3 Å². The zero-order valence-corrected chi connectivity index (χ0v) is 15.4. The lowest BCUT2D eigenvalue weighted by molar-refractivity contribution is 0.527. The average molecular weight is 291 g/mol. The minimum Gasteiger partial charge on any atom is -0.0654 e. The van der Waals surface area contributed by atoms with Crippen molar-refractivity contribution < 1.29 is 0 Å². The number of hydrogen-bond acceptors (Lipinski definition) is 0. The molecule has 122 valence electrons. The number of rotatable bonds is 11. The van der Waals surface area contributed by atoms with E-state index in [4.69, 9.17) is 0 Å². The monoisotopic (exact) mass is 290 g/mol. The molecule has 0 radical (unpaired) electrons. The molecule has 0 nitrogen and oxygen atoms in total. The van der Waals surface area contributed by atoms with Crippen LogP contribution in [-0.2, 0) is 0 Å². The highest BCUT2D eigenvalue weighted by Crippen LogP contribution is 2.39. The molecule has 0 aromatic heterocycles. The SMILES string of the molecule is CCCCCCCCCCCCC1C(C)=C(C)C(C)=C1C. The van der Waals surface area contributed by atoms with E-state index < -0.39 is 0 Å². The van der Waals surface area contributed by atoms with E-state index in [-0.39, 0.29) is 0 Å². The second kappa shape index (κ2) is 10.2. The van der Waals surface area contributed by atoms with E-state index >= 15 is 0 Å². The van der Waals surface area contributed by atoms with Gasteiger partial charge in [-0.05, 0) is 45.3 Å². The van der Waals surface area contributed by atoms with Crippen LogP contribution in [-0.4, -0.2) is 0 Å². The van der Waals surface area contributed by atoms with Crippen LogP contribution in [0.1, 0.15) is 105 Å². The van der Waals surface area contributed by atoms with Crippen LogP contribution < -0.4 is 0 Å². The fourth-order valence-corrected chi connectivity index (χ4v) is 3.71. The minimum atomic E-state index is 0.763. The van der Waals surface area contributed by atoms with Crippen molar-refractivity contribution in [3.63, 3.8) is 0 Å². The van der Waals surface area contributed by atoms with Gasteiger partial charge < -0.3 is 0 Å². The van der Waals surface area contributed by atoms with Crippen LogP contribution in [0.15, 0.2) is 22.3 Å². The van der Waals surface area contributed by atoms with Gasteiger partial charge in [0, 0.05) is 5.92 Å². The first kappa shape index (κ1) is 18.5. The fraction of sp³-hybridized carbons (Fsp3) is 0.810. The van der Waals surface area contributed by atoms with Gasteiger partial charge in [-0.2, -0.15) is 0 Å². The van der Waals surface area contributed by atoms with Crippen molar-refractivity contribution in [2.24, 2.45) is 5.92 Å². The summed E-state index contributed by atoms with van der Waals surface area (Å²) in [6, 6.07) is 0. The van der Waals surface area contributed by atoms with Gasteiger partial charge in [-0.25, -0.2) is 0 Å². The highest BCUT2D eigenvalue weighted by molar-refractivity contribution is 5.46. The molecule has 0 saturated carbocycles. The maximum Gasteiger partial charge on any atom is 0.00130 e. The van der Waals surface area contributed by atoms with E-state index in [0.29, 0.717) is 0 Å². The van der Waals surface area contributed by atoms with E-state index in [2.05, 4.69) is 34.6 Å². The number of allylic oxidation sites excluding steroid dienone is 4. The molecule has 0 heterocycles. The molecular formula is C21H38. The highest BCUT2D eigenvalue weighted by atomic mass is 14.3. The van der Waals surface area contributed by atoms with E-state index in [0.717, 1.165) is 5.92 Å². The van der Waals surface area contributed by atoms with Crippen molar-refractivity contribution >= 4 is 0 Å². The molecule has 0 fully saturated rings. The fourth-order valence-electron chi connectivity index (χ4n) is 3.71. The summed E-state index contributed by atoms with van der Waals surface area (Å²) in [6.07, 6.45) is 15.8. The first-order chi connectivity index (χ1) is 10.1. The summed E-state index contributed by atoms with van der Waals surface area (Å²) in [5, 5.41) is 0. The van der Waals surface area contributed by atoms with Gasteiger partial charge in [-0.15, -0.1) is 0 Å². The average Bonchev–Trinajstić information content (AvgIpc) is 2.66. The Kier molecular flexibility index (Phi) is 9.04. The Bertz CT molecular complexity index is 332. The van der Waals surface area contributed by atoms with Crippen LogP contribution in [0.2, 0.25) is 0 Å². The predicted molar refractivity (Wildman–Crippen MR) is 96.7 cm³/mol. The molecule has 0 heteroatoms. The summed E-state index contributed by atoms with van der Waals surface area (Å²) in [5.41, 5.74) is 6.40. The van der Waals surface area contributed by atoms with Gasteiger partial charge in [0.1, 0.15) is 0 Å². The van der Waals surface area contributed by atoms with Gasteiger partial charge in [0.25, 0.3) is 0 Å². The molecule has 0 aromatic carbocycles. The van der Waals surface area contributed by atoms with Gasteiger partial charge >= 0.3 is 0 Å². The first-order valence-corrected chi connectivity index (χ1v) is 9.44. The Balaban J connectivity index is 2.03. The lowest BCUT2D eigenvalue weighted by Crippen LogP contribution is -2.00. The van der Waals surface area contributed by atoms with Crippen LogP contribution in [0.5, 0.6) is 0 Å². The Morgan fingerprint density at radius 1 is 0.571 bits per heavy atom. The van der Waals surface area contributed by atoms with Gasteiger partial charge in [0.2, 0.25) is 0 Å². The molecule has 1 aliphatic carbocycles. The third-order valence-electron chi connectivity index (χ3n) is 5.64. The van der Waals surface area contributed by atoms with E-state index in [9.17, 15) is 0 Å². The second-order valence-electron chi connectivity index (χ2n) is 7.14. The van der Waals surface area contributed by atoms with Crippen molar-refractivity contribution in [1.29, 1.82) is 0 Å². The number of unbranched alkanes of at least 4 members (excludes halogenated alkanes) is 9. The zero-order valence-electron chi connectivity index (χ0n) is 15.4. The summed E-state index contributed by atoms with van der Waals surface area (Å²) in [7, 11) is 0. The summed E-state index contributed by atoms with van der Waals surface area (Å²) in [4.78, 5) is 0. The molecule has 1 rings (SSSR count). The molecular weight excluding hydrogens is 252 g/mol. The van der Waals surface area contributed by atoms with E-state index in [1.54, 1.807) is 22.3 Å². The van der Waals surface area contributed by atoms with Gasteiger partial charge in [0.15, 0.2) is 0 Å². The maximum atomic E-state index is 2.34. The van der Waals surface area contributed by atoms with Crippen molar-refractivity contribution in [2.75, 3.05) is 0 Å². The minimum absolute atomic E-state index is 0.763. The van der Waals surface area contributed by atoms with Crippen molar-refractivity contribution in [3.05, 3.63) is 22.3 Å². The molecule has 0 unspecified atom stereocenters. The van der Waals surface area contributed by atoms with Crippen LogP contribution in [0.3, 0.4) is 0 Å². The summed E-state index contributed by atoms with van der Waals surface area (Å²) < 4.78 is 0. The Hall–Kier alpha value is -0.520. The smallest absolute Gasteiger partial charge is 0.00130 e. The standard InChI is InChI=1S/C21H38/c1-6-7-8-9-10-11-12-13-14-15-16-21-19(4)17(2)18(3)20(21)5/h21H,6-16H2,1-5H3. The Morgan fingerprint density at radius 2 is 0.952 bits per heavy atom. The molecule has 0 atom stereocenters. The second-order valence-corrected chi connectivity index (χ2v) is 7.14. The molecule has 0 bridgehead atoms. The van der Waals surface area contributed by atoms with Crippen LogP contribution in [0, 0.1) is 5.92 Å². The van der Waals surface area contributed by atoms with Crippen molar-refractivity contribution in [3.8, 4) is 0 Å². The van der Waals surface area contributed by atoms with Crippen molar-refractivity contribution in [1.82, 2.24) is 0 Å². The molecule has 0 amide bonds. The van der Waals surface area contributed by atoms with E-state index in [1.165, 1.54) is 70.6 Å². The number of hydrogen-bond donors (Lipinski definition) is 0. The largest absolute Gasteiger partial charge is 0.0654 e. The van der Waals surface area contributed by atoms with Crippen LogP contribution in [0.4, 0.5) is 0 Å². The lowest BCUT2D eigenvalue weighted by atomic mass is 9.90. The summed E-state index contributed by atoms with van der Waals surface area (Å²) in [5.74, 6) is 0.763. The molecule has 21 heavy (non-hydrogen) atoms. The first-order valence-electron chi connectivity index (χ1n) is 9.44. The predicted octanol–water partition coefficient (Wildman–Crippen LogP) is 7.60. The Morgan fingerprint density at radius 3 is 1.38 bits per heavy atom. The maximum absolute atomic E-state index is 2.34. The highest BCUT2D eigenvalue weighted by Gasteiger charge is 2.23. The molecule has 0 aliphatic heterocycles. The zero-order chi connectivity index (χ0) is 15.7. The third-order valence-corrected chi connectivity index (χ3v) is 5.64. The van der Waals surface area contributed by atoms with Crippen molar-refractivity contribution in [2.45, 2.75) is 105 Å². The normalized spacial score (nSPS) is 16.4. The summed E-state index contributed by atoms with van der Waals surface area (Å²) in [6.45, 7) is 11.6. The third kappa shape index (κ3) is 6.01. The molecule has 0 spiro atoms. The van der Waals surface area contributed by atoms with Crippen LogP contribution in [0.25, 0.3) is 0 Å². The lowest BCUT2D eigenvalue weighted by Gasteiger charge is -2.14. The molecule has 1 aliphatic rings. The quantitative estimate of drug-likeness (QED) is 0.344. The van der Waals surface area contributed by atoms with Crippen LogP contribution >= 0.6 is 0 Å². The molecule has 0 saturated heterocycles. The van der Waals surface area contributed by atoms with Gasteiger partial charge in [0.05, 0.1) is 0 Å². The molecule has 0 N–H and O–H groups in total. The topological polar surface area (TPSA) is 0 Å². The van der Waals surface area contributed by atoms with E-state index in [1.807, 2.05) is 0 Å². The Labute approximate surface area is 134 Å².